The van der Waals surface area contributed by atoms with Crippen LogP contribution in [0.5, 0.6) is 0 Å². The number of unbranched alkanes of at least 4 members (excludes halogenated alkanes) is 20. The maximum atomic E-state index is 12.5. The summed E-state index contributed by atoms with van der Waals surface area (Å²) < 4.78 is 34.3. The Morgan fingerprint density at radius 1 is 0.564 bits per heavy atom. The quantitative estimate of drug-likeness (QED) is 0.0153. The van der Waals surface area contributed by atoms with Gasteiger partial charge < -0.3 is 27.9 Å². The normalized spacial score (nSPS) is 14.5. The van der Waals surface area contributed by atoms with Crippen LogP contribution in [0.1, 0.15) is 155 Å². The van der Waals surface area contributed by atoms with Gasteiger partial charge in [-0.15, -0.1) is 0 Å². The van der Waals surface area contributed by atoms with Gasteiger partial charge in [-0.2, -0.15) is 0 Å². The molecule has 0 aromatic carbocycles. The molecule has 0 aliphatic carbocycles. The number of rotatable bonds is 39. The molecule has 0 aromatic heterocycles. The minimum absolute atomic E-state index is 0.00286. The molecular formula is C46H82NO7P. The predicted octanol–water partition coefficient (Wildman–Crippen LogP) is 12.1. The molecule has 0 bridgehead atoms. The average Bonchev–Trinajstić information content (AvgIpc) is 3.13. The minimum Gasteiger partial charge on any atom is -0.756 e. The molecule has 0 saturated heterocycles. The fraction of sp³-hybridized carbons (Fsp3) is 0.717. The zero-order chi connectivity index (χ0) is 40.6. The fourth-order valence-corrected chi connectivity index (χ4v) is 6.34. The lowest BCUT2D eigenvalue weighted by Gasteiger charge is -2.28. The van der Waals surface area contributed by atoms with E-state index < -0.39 is 19.9 Å². The van der Waals surface area contributed by atoms with E-state index in [2.05, 4.69) is 26.0 Å². The molecule has 0 heterocycles. The van der Waals surface area contributed by atoms with E-state index in [0.29, 0.717) is 17.6 Å². The highest BCUT2D eigenvalue weighted by molar-refractivity contribution is 7.45. The standard InChI is InChI=1S/C46H82NO7P/c1-6-8-10-12-14-16-18-20-22-23-24-25-26-27-29-31-33-35-37-39-46(48)54-45(44-53-55(49,50)52-42-40-47(3,4)5)43-51-41-38-36-34-32-30-28-21-19-17-15-13-11-9-7-2/h22-27,29,31,33,35,37,39,45H,6-21,28,30,32,34,36,38,40-44H2,1-5H3/b23-22+,25-24+,27-26+,31-29+,35-33+,39-37+. The number of ether oxygens (including phenoxy) is 2. The van der Waals surface area contributed by atoms with E-state index in [9.17, 15) is 14.3 Å². The maximum Gasteiger partial charge on any atom is 0.331 e. The number of esters is 1. The Labute approximate surface area is 338 Å². The molecule has 0 radical (unpaired) electrons. The largest absolute Gasteiger partial charge is 0.756 e. The van der Waals surface area contributed by atoms with Crippen molar-refractivity contribution in [2.45, 2.75) is 161 Å². The molecule has 2 unspecified atom stereocenters. The summed E-state index contributed by atoms with van der Waals surface area (Å²) in [6.07, 6.45) is 49.8. The van der Waals surface area contributed by atoms with Crippen molar-refractivity contribution in [2.24, 2.45) is 0 Å². The Morgan fingerprint density at radius 3 is 1.49 bits per heavy atom. The molecule has 0 aliphatic heterocycles. The molecule has 0 N–H and O–H groups in total. The Hall–Kier alpha value is -2.06. The van der Waals surface area contributed by atoms with E-state index in [1.165, 1.54) is 128 Å². The van der Waals surface area contributed by atoms with Crippen LogP contribution in [0.15, 0.2) is 72.9 Å². The molecule has 0 amide bonds. The molecule has 0 aliphatic rings. The molecule has 9 heteroatoms. The molecule has 8 nitrogen and oxygen atoms in total. The van der Waals surface area contributed by atoms with E-state index in [1.807, 2.05) is 63.7 Å². The Balaban J connectivity index is 4.51. The summed E-state index contributed by atoms with van der Waals surface area (Å²) in [7, 11) is 1.26. The number of hydrogen-bond donors (Lipinski definition) is 0. The van der Waals surface area contributed by atoms with Crippen molar-refractivity contribution in [3.05, 3.63) is 72.9 Å². The van der Waals surface area contributed by atoms with Gasteiger partial charge in [0.15, 0.2) is 0 Å². The number of phosphoric ester groups is 1. The van der Waals surface area contributed by atoms with E-state index in [1.54, 1.807) is 12.2 Å². The van der Waals surface area contributed by atoms with Gasteiger partial charge in [0.25, 0.3) is 7.82 Å². The van der Waals surface area contributed by atoms with Gasteiger partial charge in [-0.3, -0.25) is 4.57 Å². The van der Waals surface area contributed by atoms with Crippen LogP contribution in [-0.2, 0) is 27.9 Å². The highest BCUT2D eigenvalue weighted by Crippen LogP contribution is 2.38. The number of carbonyl (C=O) groups excluding carboxylic acids is 1. The van der Waals surface area contributed by atoms with Crippen molar-refractivity contribution in [1.82, 2.24) is 0 Å². The molecule has 0 fully saturated rings. The van der Waals surface area contributed by atoms with Crippen molar-refractivity contribution in [3.63, 3.8) is 0 Å². The van der Waals surface area contributed by atoms with Crippen LogP contribution in [0.25, 0.3) is 0 Å². The van der Waals surface area contributed by atoms with Crippen LogP contribution in [0.3, 0.4) is 0 Å². The third kappa shape index (κ3) is 42.9. The van der Waals surface area contributed by atoms with Gasteiger partial charge in [-0.25, -0.2) is 4.79 Å². The lowest BCUT2D eigenvalue weighted by atomic mass is 10.0. The van der Waals surface area contributed by atoms with Crippen LogP contribution < -0.4 is 4.89 Å². The first kappa shape index (κ1) is 52.9. The summed E-state index contributed by atoms with van der Waals surface area (Å²) in [5, 5.41) is 0. The number of phosphoric acid groups is 1. The predicted molar refractivity (Wildman–Crippen MR) is 231 cm³/mol. The van der Waals surface area contributed by atoms with Crippen molar-refractivity contribution in [1.29, 1.82) is 0 Å². The maximum absolute atomic E-state index is 12.5. The van der Waals surface area contributed by atoms with Crippen LogP contribution >= 0.6 is 7.82 Å². The van der Waals surface area contributed by atoms with Gasteiger partial charge in [-0.1, -0.05) is 203 Å². The number of nitrogens with zero attached hydrogens (tertiary/aromatic N) is 1. The summed E-state index contributed by atoms with van der Waals surface area (Å²) in [5.74, 6) is -0.612. The molecule has 0 spiro atoms. The molecule has 55 heavy (non-hydrogen) atoms. The van der Waals surface area contributed by atoms with Crippen molar-refractivity contribution < 1.29 is 37.3 Å². The Morgan fingerprint density at radius 2 is 1.00 bits per heavy atom. The monoisotopic (exact) mass is 792 g/mol. The van der Waals surface area contributed by atoms with Crippen molar-refractivity contribution in [2.75, 3.05) is 54.1 Å². The van der Waals surface area contributed by atoms with Gasteiger partial charge in [0.2, 0.25) is 0 Å². The van der Waals surface area contributed by atoms with E-state index >= 15 is 0 Å². The number of carbonyl (C=O) groups is 1. The molecule has 0 aromatic rings. The van der Waals surface area contributed by atoms with Gasteiger partial charge in [0.05, 0.1) is 34.4 Å². The van der Waals surface area contributed by atoms with Crippen molar-refractivity contribution >= 4 is 13.8 Å². The summed E-state index contributed by atoms with van der Waals surface area (Å²) in [6.45, 7) is 5.17. The molecule has 0 rings (SSSR count). The molecular weight excluding hydrogens is 709 g/mol. The smallest absolute Gasteiger partial charge is 0.331 e. The first-order valence-electron chi connectivity index (χ1n) is 21.8. The average molecular weight is 792 g/mol. The number of likely N-dealkylation sites (N-methyl/N-ethyl adjacent to an activating group) is 1. The van der Waals surface area contributed by atoms with Gasteiger partial charge in [0.1, 0.15) is 19.3 Å². The molecule has 2 atom stereocenters. The molecule has 318 valence electrons. The third-order valence-corrected chi connectivity index (χ3v) is 9.97. The second kappa shape index (κ2) is 38.8. The summed E-state index contributed by atoms with van der Waals surface area (Å²) in [4.78, 5) is 24.9. The topological polar surface area (TPSA) is 94.1 Å². The first-order chi connectivity index (χ1) is 26.6. The highest BCUT2D eigenvalue weighted by Gasteiger charge is 2.19. The van der Waals surface area contributed by atoms with Gasteiger partial charge in [-0.05, 0) is 19.3 Å². The summed E-state index contributed by atoms with van der Waals surface area (Å²) in [5.41, 5.74) is 0. The lowest BCUT2D eigenvalue weighted by Crippen LogP contribution is -2.37. The second-order valence-electron chi connectivity index (χ2n) is 15.6. The SMILES string of the molecule is CCCCCCCCC/C=C/C=C/C=C/C=C/C=C/C=C/C(=O)OC(COCCCCCCCCCCCCCCCC)COP(=O)([O-])OCC[N+](C)(C)C. The molecule has 0 saturated carbocycles. The second-order valence-corrected chi connectivity index (χ2v) is 17.0. The number of allylic oxidation sites excluding steroid dienone is 11. The third-order valence-electron chi connectivity index (χ3n) is 9.00. The van der Waals surface area contributed by atoms with Gasteiger partial charge in [0, 0.05) is 12.7 Å². The highest BCUT2D eigenvalue weighted by atomic mass is 31.2. The zero-order valence-corrected chi connectivity index (χ0v) is 36.7. The van der Waals surface area contributed by atoms with E-state index in [0.717, 1.165) is 19.3 Å². The minimum atomic E-state index is -4.57. The Kier molecular flexibility index (Phi) is 37.3. The summed E-state index contributed by atoms with van der Waals surface area (Å²) in [6, 6.07) is 0. The van der Waals surface area contributed by atoms with Crippen LogP contribution in [0.2, 0.25) is 0 Å². The van der Waals surface area contributed by atoms with Crippen molar-refractivity contribution in [3.8, 4) is 0 Å². The number of hydrogen-bond acceptors (Lipinski definition) is 7. The van der Waals surface area contributed by atoms with E-state index in [-0.39, 0.29) is 19.8 Å². The first-order valence-corrected chi connectivity index (χ1v) is 23.2. The van der Waals surface area contributed by atoms with E-state index in [4.69, 9.17) is 18.5 Å². The van der Waals surface area contributed by atoms with Crippen LogP contribution in [0, 0.1) is 0 Å². The lowest BCUT2D eigenvalue weighted by molar-refractivity contribution is -0.870. The number of quaternary nitrogens is 1. The van der Waals surface area contributed by atoms with Crippen LogP contribution in [-0.4, -0.2) is 70.7 Å². The summed E-state index contributed by atoms with van der Waals surface area (Å²) >= 11 is 0. The van der Waals surface area contributed by atoms with Crippen LogP contribution in [0.4, 0.5) is 0 Å². The van der Waals surface area contributed by atoms with Gasteiger partial charge >= 0.3 is 5.97 Å². The zero-order valence-electron chi connectivity index (χ0n) is 35.8. The Bertz CT molecular complexity index is 1110. The fourth-order valence-electron chi connectivity index (χ4n) is 5.61.